The molecule has 0 spiro atoms. The molecule has 114 valence electrons. The predicted molar refractivity (Wildman–Crippen MR) is 108 cm³/mol. The second-order valence-electron chi connectivity index (χ2n) is 6.08. The summed E-state index contributed by atoms with van der Waals surface area (Å²) in [6, 6.07) is 18.5. The van der Waals surface area contributed by atoms with Crippen molar-refractivity contribution in [3.63, 3.8) is 0 Å². The Morgan fingerprint density at radius 1 is 0.708 bits per heavy atom. The zero-order valence-corrected chi connectivity index (χ0v) is 16.9. The van der Waals surface area contributed by atoms with Crippen molar-refractivity contribution in [3.05, 3.63) is 59.7 Å². The molecule has 0 aliphatic carbocycles. The van der Waals surface area contributed by atoms with Gasteiger partial charge in [0.05, 0.1) is 0 Å². The molecular weight excluding hydrogens is 422 g/mol. The molecular formula is C22H14Se2. The SMILES string of the molecule is CC#Cc1cc2[se]c3cc4c(cc3c2cc1C)[se]c1ccccc14. The standard InChI is InChI=1S/C22H14Se2/c1-3-6-14-10-20-16(9-13(14)2)18-12-21-17(11-22(18)24-20)15-7-4-5-8-19(15)23-21/h4-5,7-12H,1-2H3. The number of rotatable bonds is 0. The fourth-order valence-electron chi connectivity index (χ4n) is 3.42. The van der Waals surface area contributed by atoms with E-state index in [1.807, 2.05) is 6.92 Å². The van der Waals surface area contributed by atoms with Crippen molar-refractivity contribution >= 4 is 67.6 Å². The van der Waals surface area contributed by atoms with Crippen molar-refractivity contribution in [1.82, 2.24) is 0 Å². The van der Waals surface area contributed by atoms with E-state index < -0.39 is 0 Å². The van der Waals surface area contributed by atoms with Gasteiger partial charge in [-0.1, -0.05) is 0 Å². The quantitative estimate of drug-likeness (QED) is 0.234. The van der Waals surface area contributed by atoms with Crippen LogP contribution in [0, 0.1) is 18.8 Å². The van der Waals surface area contributed by atoms with Gasteiger partial charge in [-0.2, -0.15) is 0 Å². The van der Waals surface area contributed by atoms with Crippen LogP contribution < -0.4 is 0 Å². The fraction of sp³-hybridized carbons (Fsp3) is 0.0909. The Morgan fingerprint density at radius 3 is 2.12 bits per heavy atom. The third-order valence-electron chi connectivity index (χ3n) is 4.58. The fourth-order valence-corrected chi connectivity index (χ4v) is 8.19. The van der Waals surface area contributed by atoms with E-state index in [9.17, 15) is 0 Å². The molecule has 0 aliphatic heterocycles. The maximum atomic E-state index is 3.25. The van der Waals surface area contributed by atoms with Crippen LogP contribution in [-0.2, 0) is 0 Å². The van der Waals surface area contributed by atoms with Crippen molar-refractivity contribution in [2.24, 2.45) is 0 Å². The second-order valence-corrected chi connectivity index (χ2v) is 10.6. The van der Waals surface area contributed by atoms with Gasteiger partial charge in [-0.05, 0) is 0 Å². The third-order valence-corrected chi connectivity index (χ3v) is 9.29. The molecule has 0 nitrogen and oxygen atoms in total. The maximum absolute atomic E-state index is 3.25. The monoisotopic (exact) mass is 438 g/mol. The van der Waals surface area contributed by atoms with E-state index in [4.69, 9.17) is 0 Å². The van der Waals surface area contributed by atoms with Crippen LogP contribution in [0.3, 0.4) is 0 Å². The molecule has 0 atom stereocenters. The van der Waals surface area contributed by atoms with Gasteiger partial charge in [-0.25, -0.2) is 0 Å². The third kappa shape index (κ3) is 2.07. The van der Waals surface area contributed by atoms with Crippen molar-refractivity contribution in [3.8, 4) is 11.8 Å². The summed E-state index contributed by atoms with van der Waals surface area (Å²) in [5.74, 6) is 6.30. The van der Waals surface area contributed by atoms with E-state index in [1.54, 1.807) is 4.26 Å². The summed E-state index contributed by atoms with van der Waals surface area (Å²) in [5, 5.41) is 5.84. The molecule has 2 heterocycles. The first-order chi connectivity index (χ1) is 11.7. The van der Waals surface area contributed by atoms with Crippen molar-refractivity contribution in [1.29, 1.82) is 0 Å². The molecule has 0 aliphatic rings. The molecule has 5 rings (SSSR count). The molecule has 0 fully saturated rings. The van der Waals surface area contributed by atoms with Crippen LogP contribution in [0.1, 0.15) is 18.1 Å². The van der Waals surface area contributed by atoms with Crippen LogP contribution in [0.5, 0.6) is 0 Å². The molecule has 3 aromatic carbocycles. The number of aryl methyl sites for hydroxylation is 1. The van der Waals surface area contributed by atoms with E-state index in [0.717, 1.165) is 0 Å². The molecule has 0 unspecified atom stereocenters. The molecule has 2 heteroatoms. The second kappa shape index (κ2) is 5.38. The van der Waals surface area contributed by atoms with Gasteiger partial charge in [-0.15, -0.1) is 0 Å². The van der Waals surface area contributed by atoms with E-state index in [-0.39, 0.29) is 0 Å². The molecule has 0 bridgehead atoms. The van der Waals surface area contributed by atoms with E-state index in [1.165, 1.54) is 45.5 Å². The van der Waals surface area contributed by atoms with Crippen LogP contribution in [0.25, 0.3) is 38.6 Å². The van der Waals surface area contributed by atoms with Gasteiger partial charge in [0, 0.05) is 0 Å². The summed E-state index contributed by atoms with van der Waals surface area (Å²) in [5.41, 5.74) is 2.48. The molecule has 0 amide bonds. The van der Waals surface area contributed by atoms with Crippen LogP contribution in [0.2, 0.25) is 0 Å². The summed E-state index contributed by atoms with van der Waals surface area (Å²) < 4.78 is 6.09. The Hall–Kier alpha value is -1.74. The Bertz CT molecular complexity index is 1320. The Kier molecular flexibility index (Phi) is 3.27. The first kappa shape index (κ1) is 14.6. The minimum absolute atomic E-state index is 0.391. The number of hydrogen-bond donors (Lipinski definition) is 0. The molecule has 5 aromatic rings. The topological polar surface area (TPSA) is 0 Å². The normalized spacial score (nSPS) is 11.4. The Balaban J connectivity index is 1.92. The van der Waals surface area contributed by atoms with Gasteiger partial charge in [0.2, 0.25) is 0 Å². The molecule has 0 N–H and O–H groups in total. The van der Waals surface area contributed by atoms with Gasteiger partial charge >= 0.3 is 153 Å². The van der Waals surface area contributed by atoms with Gasteiger partial charge in [0.25, 0.3) is 0 Å². The zero-order chi connectivity index (χ0) is 16.3. The van der Waals surface area contributed by atoms with Crippen LogP contribution in [0.4, 0.5) is 0 Å². The van der Waals surface area contributed by atoms with E-state index >= 15 is 0 Å². The average Bonchev–Trinajstić information content (AvgIpc) is 3.11. The van der Waals surface area contributed by atoms with Gasteiger partial charge in [0.1, 0.15) is 0 Å². The summed E-state index contributed by atoms with van der Waals surface area (Å²) >= 11 is 0.835. The van der Waals surface area contributed by atoms with Crippen molar-refractivity contribution in [2.75, 3.05) is 0 Å². The van der Waals surface area contributed by atoms with Gasteiger partial charge in [0.15, 0.2) is 0 Å². The van der Waals surface area contributed by atoms with Crippen molar-refractivity contribution < 1.29 is 0 Å². The molecule has 0 saturated heterocycles. The van der Waals surface area contributed by atoms with Gasteiger partial charge < -0.3 is 0 Å². The molecule has 2 aromatic heterocycles. The number of fused-ring (bicyclic) bond motifs is 6. The van der Waals surface area contributed by atoms with Gasteiger partial charge in [-0.3, -0.25) is 0 Å². The molecule has 0 radical (unpaired) electrons. The molecule has 24 heavy (non-hydrogen) atoms. The summed E-state index contributed by atoms with van der Waals surface area (Å²) in [7, 11) is 0. The first-order valence-corrected chi connectivity index (χ1v) is 11.4. The number of hydrogen-bond acceptors (Lipinski definition) is 0. The Morgan fingerprint density at radius 2 is 1.33 bits per heavy atom. The average molecular weight is 436 g/mol. The zero-order valence-electron chi connectivity index (χ0n) is 13.4. The Labute approximate surface area is 152 Å². The summed E-state index contributed by atoms with van der Waals surface area (Å²) in [6.45, 7) is 4.09. The van der Waals surface area contributed by atoms with Crippen LogP contribution >= 0.6 is 0 Å². The van der Waals surface area contributed by atoms with E-state index in [2.05, 4.69) is 67.3 Å². The predicted octanol–water partition coefficient (Wildman–Crippen LogP) is 5.09. The van der Waals surface area contributed by atoms with Crippen LogP contribution in [-0.4, -0.2) is 29.0 Å². The summed E-state index contributed by atoms with van der Waals surface area (Å²) in [4.78, 5) is 0. The summed E-state index contributed by atoms with van der Waals surface area (Å²) in [6.07, 6.45) is 0. The van der Waals surface area contributed by atoms with E-state index in [0.29, 0.717) is 29.0 Å². The molecule has 0 saturated carbocycles. The van der Waals surface area contributed by atoms with Crippen molar-refractivity contribution in [2.45, 2.75) is 13.8 Å². The van der Waals surface area contributed by atoms with Crippen LogP contribution in [0.15, 0.2) is 48.5 Å². The number of benzene rings is 3. The first-order valence-electron chi connectivity index (χ1n) is 7.95. The minimum atomic E-state index is 0.391.